The van der Waals surface area contributed by atoms with E-state index in [0.717, 1.165) is 10.8 Å². The number of hydrogen-bond donors (Lipinski definition) is 2. The zero-order chi connectivity index (χ0) is 16.7. The van der Waals surface area contributed by atoms with Gasteiger partial charge in [-0.25, -0.2) is 4.79 Å². The van der Waals surface area contributed by atoms with Crippen LogP contribution in [0.25, 0.3) is 10.8 Å². The van der Waals surface area contributed by atoms with Crippen LogP contribution < -0.4 is 10.1 Å². The summed E-state index contributed by atoms with van der Waals surface area (Å²) >= 11 is 0. The highest BCUT2D eigenvalue weighted by molar-refractivity contribution is 6.04. The topological polar surface area (TPSA) is 84.9 Å². The molecule has 0 aliphatic carbocycles. The first-order chi connectivity index (χ1) is 11.1. The molecule has 0 saturated carbocycles. The van der Waals surface area contributed by atoms with Crippen molar-refractivity contribution in [1.82, 2.24) is 0 Å². The number of carboxylic acid groups (broad SMARTS) is 1. The average molecular weight is 317 g/mol. The second kappa shape index (κ2) is 8.14. The Balaban J connectivity index is 2.20. The Morgan fingerprint density at radius 2 is 1.87 bits per heavy atom. The zero-order valence-electron chi connectivity index (χ0n) is 12.9. The molecule has 2 aromatic carbocycles. The third-order valence-electron chi connectivity index (χ3n) is 3.19. The van der Waals surface area contributed by atoms with E-state index in [2.05, 4.69) is 5.32 Å². The van der Waals surface area contributed by atoms with Crippen LogP contribution in [0.2, 0.25) is 0 Å². The fourth-order valence-corrected chi connectivity index (χ4v) is 2.17. The Kier molecular flexibility index (Phi) is 5.94. The van der Waals surface area contributed by atoms with Crippen molar-refractivity contribution < 1.29 is 24.2 Å². The Hall–Kier alpha value is -2.60. The standard InChI is InChI=1S/C17H19NO5/c1-2-22-10-9-16(19)18-14-7-8-15(23-11-17(20)21)13-6-4-3-5-12(13)14/h3-8H,2,9-11H2,1H3,(H,18,19)(H,20,21). The molecular formula is C17H19NO5. The van der Waals surface area contributed by atoms with Crippen LogP contribution in [-0.2, 0) is 14.3 Å². The van der Waals surface area contributed by atoms with Gasteiger partial charge in [-0.1, -0.05) is 24.3 Å². The van der Waals surface area contributed by atoms with Crippen LogP contribution >= 0.6 is 0 Å². The first-order valence-electron chi connectivity index (χ1n) is 7.35. The van der Waals surface area contributed by atoms with E-state index in [1.807, 2.05) is 31.2 Å². The molecule has 0 aromatic heterocycles. The van der Waals surface area contributed by atoms with E-state index in [4.69, 9.17) is 14.6 Å². The highest BCUT2D eigenvalue weighted by Gasteiger charge is 2.10. The van der Waals surface area contributed by atoms with Gasteiger partial charge in [-0.05, 0) is 19.1 Å². The fourth-order valence-electron chi connectivity index (χ4n) is 2.17. The number of nitrogens with one attached hydrogen (secondary N) is 1. The van der Waals surface area contributed by atoms with Crippen LogP contribution in [0.15, 0.2) is 36.4 Å². The molecule has 0 aliphatic rings. The first kappa shape index (κ1) is 16.8. The average Bonchev–Trinajstić information content (AvgIpc) is 2.54. The number of carboxylic acids is 1. The van der Waals surface area contributed by atoms with Gasteiger partial charge in [-0.3, -0.25) is 4.79 Å². The van der Waals surface area contributed by atoms with E-state index in [1.54, 1.807) is 12.1 Å². The third-order valence-corrected chi connectivity index (χ3v) is 3.19. The van der Waals surface area contributed by atoms with Crippen molar-refractivity contribution in [1.29, 1.82) is 0 Å². The van der Waals surface area contributed by atoms with Crippen LogP contribution in [-0.4, -0.2) is 36.8 Å². The molecule has 122 valence electrons. The lowest BCUT2D eigenvalue weighted by Crippen LogP contribution is -2.14. The molecule has 0 fully saturated rings. The number of hydrogen-bond acceptors (Lipinski definition) is 4. The largest absolute Gasteiger partial charge is 0.481 e. The highest BCUT2D eigenvalue weighted by Crippen LogP contribution is 2.31. The third kappa shape index (κ3) is 4.69. The molecule has 0 atom stereocenters. The van der Waals surface area contributed by atoms with Crippen molar-refractivity contribution in [3.63, 3.8) is 0 Å². The molecule has 2 rings (SSSR count). The number of anilines is 1. The Bertz CT molecular complexity index is 698. The predicted octanol–water partition coefficient (Wildman–Crippen LogP) is 2.67. The van der Waals surface area contributed by atoms with Gasteiger partial charge >= 0.3 is 5.97 Å². The SMILES string of the molecule is CCOCCC(=O)Nc1ccc(OCC(=O)O)c2ccccc12. The van der Waals surface area contributed by atoms with Gasteiger partial charge in [0.1, 0.15) is 5.75 Å². The number of carbonyl (C=O) groups excluding carboxylic acids is 1. The fraction of sp³-hybridized carbons (Fsp3) is 0.294. The van der Waals surface area contributed by atoms with Gasteiger partial charge in [0.15, 0.2) is 6.61 Å². The van der Waals surface area contributed by atoms with Crippen molar-refractivity contribution in [2.24, 2.45) is 0 Å². The Morgan fingerprint density at radius 1 is 1.13 bits per heavy atom. The van der Waals surface area contributed by atoms with Gasteiger partial charge in [0.25, 0.3) is 0 Å². The molecule has 6 heteroatoms. The highest BCUT2D eigenvalue weighted by atomic mass is 16.5. The van der Waals surface area contributed by atoms with Crippen LogP contribution in [0.4, 0.5) is 5.69 Å². The molecule has 0 bridgehead atoms. The van der Waals surface area contributed by atoms with Gasteiger partial charge < -0.3 is 19.9 Å². The number of rotatable bonds is 8. The summed E-state index contributed by atoms with van der Waals surface area (Å²) in [4.78, 5) is 22.6. The smallest absolute Gasteiger partial charge is 0.341 e. The van der Waals surface area contributed by atoms with Crippen LogP contribution in [0, 0.1) is 0 Å². The zero-order valence-corrected chi connectivity index (χ0v) is 12.9. The van der Waals surface area contributed by atoms with E-state index < -0.39 is 12.6 Å². The maximum Gasteiger partial charge on any atom is 0.341 e. The number of carbonyl (C=O) groups is 2. The molecule has 0 radical (unpaired) electrons. The second-order valence-electron chi connectivity index (χ2n) is 4.83. The number of fused-ring (bicyclic) bond motifs is 1. The summed E-state index contributed by atoms with van der Waals surface area (Å²) in [5.74, 6) is -0.708. The van der Waals surface area contributed by atoms with E-state index in [9.17, 15) is 9.59 Å². The summed E-state index contributed by atoms with van der Waals surface area (Å²) in [5.41, 5.74) is 0.657. The van der Waals surface area contributed by atoms with Crippen molar-refractivity contribution in [2.45, 2.75) is 13.3 Å². The van der Waals surface area contributed by atoms with Gasteiger partial charge in [0, 0.05) is 23.1 Å². The van der Waals surface area contributed by atoms with E-state index in [1.165, 1.54) is 0 Å². The van der Waals surface area contributed by atoms with Crippen molar-refractivity contribution in [2.75, 3.05) is 25.1 Å². The summed E-state index contributed by atoms with van der Waals surface area (Å²) < 4.78 is 10.5. The Labute approximate surface area is 134 Å². The van der Waals surface area contributed by atoms with E-state index >= 15 is 0 Å². The molecular weight excluding hydrogens is 298 g/mol. The summed E-state index contributed by atoms with van der Waals surface area (Å²) in [6.07, 6.45) is 0.277. The summed E-state index contributed by atoms with van der Waals surface area (Å²) in [6.45, 7) is 2.41. The maximum atomic E-state index is 11.9. The molecule has 23 heavy (non-hydrogen) atoms. The van der Waals surface area contributed by atoms with Crippen LogP contribution in [0.1, 0.15) is 13.3 Å². The number of aliphatic carboxylic acids is 1. The summed E-state index contributed by atoms with van der Waals surface area (Å²) in [5, 5.41) is 13.1. The van der Waals surface area contributed by atoms with Gasteiger partial charge in [0.05, 0.1) is 13.0 Å². The molecule has 0 saturated heterocycles. The van der Waals surface area contributed by atoms with Crippen molar-refractivity contribution in [3.05, 3.63) is 36.4 Å². The quantitative estimate of drug-likeness (QED) is 0.731. The van der Waals surface area contributed by atoms with Crippen LogP contribution in [0.5, 0.6) is 5.75 Å². The lowest BCUT2D eigenvalue weighted by Gasteiger charge is -2.12. The monoisotopic (exact) mass is 317 g/mol. The number of ether oxygens (including phenoxy) is 2. The number of benzene rings is 2. The summed E-state index contributed by atoms with van der Waals surface area (Å²) in [7, 11) is 0. The first-order valence-corrected chi connectivity index (χ1v) is 7.35. The molecule has 0 heterocycles. The van der Waals surface area contributed by atoms with Crippen molar-refractivity contribution >= 4 is 28.3 Å². The lowest BCUT2D eigenvalue weighted by atomic mass is 10.1. The molecule has 0 spiro atoms. The van der Waals surface area contributed by atoms with Gasteiger partial charge in [0.2, 0.25) is 5.91 Å². The second-order valence-corrected chi connectivity index (χ2v) is 4.83. The minimum Gasteiger partial charge on any atom is -0.481 e. The predicted molar refractivity (Wildman–Crippen MR) is 86.8 cm³/mol. The minimum absolute atomic E-state index is 0.136. The molecule has 2 N–H and O–H groups in total. The molecule has 1 amide bonds. The summed E-state index contributed by atoms with van der Waals surface area (Å²) in [6, 6.07) is 10.7. The van der Waals surface area contributed by atoms with Gasteiger partial charge in [-0.15, -0.1) is 0 Å². The van der Waals surface area contributed by atoms with E-state index in [-0.39, 0.29) is 12.3 Å². The van der Waals surface area contributed by atoms with Crippen LogP contribution in [0.3, 0.4) is 0 Å². The molecule has 0 aliphatic heterocycles. The molecule has 6 nitrogen and oxygen atoms in total. The van der Waals surface area contributed by atoms with Crippen molar-refractivity contribution in [3.8, 4) is 5.75 Å². The minimum atomic E-state index is -1.04. The Morgan fingerprint density at radius 3 is 2.57 bits per heavy atom. The lowest BCUT2D eigenvalue weighted by molar-refractivity contribution is -0.139. The van der Waals surface area contributed by atoms with E-state index in [0.29, 0.717) is 24.7 Å². The maximum absolute atomic E-state index is 11.9. The number of amides is 1. The molecule has 2 aromatic rings. The van der Waals surface area contributed by atoms with Gasteiger partial charge in [-0.2, -0.15) is 0 Å². The molecule has 0 unspecified atom stereocenters. The normalized spacial score (nSPS) is 10.5.